The van der Waals surface area contributed by atoms with Crippen molar-refractivity contribution in [2.45, 2.75) is 33.4 Å². The molecule has 3 rings (SSSR count). The van der Waals surface area contributed by atoms with Crippen molar-refractivity contribution in [1.29, 1.82) is 0 Å². The molecule has 0 amide bonds. The molecule has 0 fully saturated rings. The van der Waals surface area contributed by atoms with Gasteiger partial charge in [-0.25, -0.2) is 13.5 Å². The fourth-order valence-corrected chi connectivity index (χ4v) is 3.18. The Bertz CT molecular complexity index is 803. The second-order valence-electron chi connectivity index (χ2n) is 5.47. The maximum absolute atomic E-state index is 14.1. The highest BCUT2D eigenvalue weighted by molar-refractivity contribution is 6.31. The van der Waals surface area contributed by atoms with Crippen LogP contribution in [0.15, 0.2) is 42.5 Å². The third-order valence-electron chi connectivity index (χ3n) is 4.07. The lowest BCUT2D eigenvalue weighted by molar-refractivity contribution is -0.669. The molecule has 1 aromatic heterocycles. The Hall–Kier alpha value is -1.87. The van der Waals surface area contributed by atoms with Gasteiger partial charge in [0.15, 0.2) is 11.0 Å². The normalized spacial score (nSPS) is 11.3. The average Bonchev–Trinajstić information content (AvgIpc) is 2.77. The van der Waals surface area contributed by atoms with Gasteiger partial charge in [0.2, 0.25) is 0 Å². The fraction of sp³-hybridized carbons (Fsp3) is 0.278. The van der Waals surface area contributed by atoms with Gasteiger partial charge in [0.25, 0.3) is 5.82 Å². The average molecular weight is 318 g/mol. The van der Waals surface area contributed by atoms with Crippen LogP contribution in [0.25, 0.3) is 11.0 Å². The minimum absolute atomic E-state index is 0.258. The van der Waals surface area contributed by atoms with Gasteiger partial charge in [-0.15, -0.1) is 0 Å². The Kier molecular flexibility index (Phi) is 4.16. The number of aromatic nitrogens is 2. The third-order valence-corrected chi connectivity index (χ3v) is 4.42. The number of aryl methyl sites for hydroxylation is 1. The Morgan fingerprint density at radius 1 is 1.14 bits per heavy atom. The summed E-state index contributed by atoms with van der Waals surface area (Å²) in [7, 11) is 0. The molecule has 0 saturated carbocycles. The van der Waals surface area contributed by atoms with Crippen LogP contribution in [-0.2, 0) is 13.1 Å². The zero-order valence-electron chi connectivity index (χ0n) is 12.8. The van der Waals surface area contributed by atoms with E-state index in [1.807, 2.05) is 12.1 Å². The molecule has 3 aromatic rings. The van der Waals surface area contributed by atoms with E-state index >= 15 is 0 Å². The van der Waals surface area contributed by atoms with Gasteiger partial charge in [-0.3, -0.25) is 0 Å². The maximum atomic E-state index is 14.1. The van der Waals surface area contributed by atoms with E-state index in [9.17, 15) is 4.39 Å². The number of para-hydroxylation sites is 2. The van der Waals surface area contributed by atoms with Crippen LogP contribution in [0.4, 0.5) is 4.39 Å². The van der Waals surface area contributed by atoms with Gasteiger partial charge in [0.1, 0.15) is 12.4 Å². The molecule has 0 aliphatic heterocycles. The first-order valence-electron chi connectivity index (χ1n) is 7.54. The number of nitrogens with zero attached hydrogens (tertiary/aromatic N) is 2. The van der Waals surface area contributed by atoms with E-state index in [1.54, 1.807) is 12.1 Å². The molecule has 0 saturated heterocycles. The lowest BCUT2D eigenvalue weighted by Crippen LogP contribution is -2.37. The molecule has 114 valence electrons. The molecule has 0 unspecified atom stereocenters. The van der Waals surface area contributed by atoms with E-state index in [-0.39, 0.29) is 5.82 Å². The van der Waals surface area contributed by atoms with Crippen LogP contribution >= 0.6 is 11.6 Å². The molecule has 0 aliphatic rings. The molecule has 0 aliphatic carbocycles. The van der Waals surface area contributed by atoms with Crippen LogP contribution in [0.5, 0.6) is 0 Å². The van der Waals surface area contributed by atoms with E-state index in [4.69, 9.17) is 11.6 Å². The van der Waals surface area contributed by atoms with E-state index in [2.05, 4.69) is 35.1 Å². The lowest BCUT2D eigenvalue weighted by Gasteiger charge is -2.05. The molecular weight excluding hydrogens is 299 g/mol. The molecule has 0 radical (unpaired) electrons. The summed E-state index contributed by atoms with van der Waals surface area (Å²) in [6.45, 7) is 5.62. The summed E-state index contributed by atoms with van der Waals surface area (Å²) >= 11 is 6.19. The van der Waals surface area contributed by atoms with E-state index in [1.165, 1.54) is 11.6 Å². The smallest absolute Gasteiger partial charge is 0.227 e. The summed E-state index contributed by atoms with van der Waals surface area (Å²) in [6.07, 6.45) is 1.06. The maximum Gasteiger partial charge on any atom is 0.254 e. The van der Waals surface area contributed by atoms with Crippen molar-refractivity contribution < 1.29 is 8.96 Å². The third kappa shape index (κ3) is 2.50. The minimum atomic E-state index is -0.258. The van der Waals surface area contributed by atoms with Crippen molar-refractivity contribution in [2.75, 3.05) is 0 Å². The highest BCUT2D eigenvalue weighted by atomic mass is 35.5. The van der Waals surface area contributed by atoms with E-state index < -0.39 is 0 Å². The minimum Gasteiger partial charge on any atom is -0.227 e. The topological polar surface area (TPSA) is 8.81 Å². The van der Waals surface area contributed by atoms with Crippen molar-refractivity contribution in [3.8, 4) is 0 Å². The van der Waals surface area contributed by atoms with Gasteiger partial charge in [0.05, 0.1) is 11.6 Å². The van der Waals surface area contributed by atoms with Crippen LogP contribution in [0.3, 0.4) is 0 Å². The molecule has 22 heavy (non-hydrogen) atoms. The van der Waals surface area contributed by atoms with Gasteiger partial charge in [-0.05, 0) is 30.7 Å². The van der Waals surface area contributed by atoms with Crippen molar-refractivity contribution in [1.82, 2.24) is 4.57 Å². The number of fused-ring (bicyclic) bond motifs is 1. The fourth-order valence-electron chi connectivity index (χ4n) is 2.96. The number of rotatable bonds is 4. The summed E-state index contributed by atoms with van der Waals surface area (Å²) in [6, 6.07) is 13.1. The standard InChI is InChI=1S/C18H19ClFN2/c1-3-11-21-13(2)22(18-10-5-4-9-17(18)21)12-14-15(19)7-6-8-16(14)20/h4-10H,3,11-12H2,1-2H3/q+1. The molecule has 0 bridgehead atoms. The number of hydrogen-bond acceptors (Lipinski definition) is 0. The number of benzene rings is 2. The zero-order chi connectivity index (χ0) is 15.7. The molecule has 0 atom stereocenters. The van der Waals surface area contributed by atoms with E-state index in [0.717, 1.165) is 24.3 Å². The summed E-state index contributed by atoms with van der Waals surface area (Å²) < 4.78 is 18.5. The molecule has 2 aromatic carbocycles. The molecular formula is C18H19ClFN2+. The summed E-state index contributed by atoms with van der Waals surface area (Å²) in [5.74, 6) is 0.856. The number of halogens is 2. The largest absolute Gasteiger partial charge is 0.254 e. The predicted molar refractivity (Wildman–Crippen MR) is 87.7 cm³/mol. The van der Waals surface area contributed by atoms with Gasteiger partial charge >= 0.3 is 0 Å². The van der Waals surface area contributed by atoms with Gasteiger partial charge < -0.3 is 0 Å². The van der Waals surface area contributed by atoms with Crippen molar-refractivity contribution >= 4 is 22.6 Å². The number of hydrogen-bond donors (Lipinski definition) is 0. The summed E-state index contributed by atoms with van der Waals surface area (Å²) in [4.78, 5) is 0. The molecule has 0 spiro atoms. The Labute approximate surface area is 134 Å². The Balaban J connectivity index is 2.17. The first-order valence-corrected chi connectivity index (χ1v) is 7.91. The SMILES string of the molecule is CCCn1c(C)[n+](Cc2c(F)cccc2Cl)c2ccccc21. The monoisotopic (exact) mass is 317 g/mol. The number of imidazole rings is 1. The quantitative estimate of drug-likeness (QED) is 0.627. The van der Waals surface area contributed by atoms with Gasteiger partial charge in [-0.2, -0.15) is 0 Å². The van der Waals surface area contributed by atoms with Gasteiger partial charge in [0, 0.05) is 12.5 Å². The van der Waals surface area contributed by atoms with Crippen molar-refractivity contribution in [3.05, 3.63) is 64.7 Å². The molecule has 0 N–H and O–H groups in total. The van der Waals surface area contributed by atoms with Crippen LogP contribution in [0.2, 0.25) is 5.02 Å². The predicted octanol–water partition coefficient (Wildman–Crippen LogP) is 4.49. The molecule has 1 heterocycles. The first kappa shape index (κ1) is 15.0. The highest BCUT2D eigenvalue weighted by Crippen LogP contribution is 2.21. The second kappa shape index (κ2) is 6.09. The Morgan fingerprint density at radius 3 is 2.64 bits per heavy atom. The summed E-state index contributed by atoms with van der Waals surface area (Å²) in [5, 5.41) is 0.472. The van der Waals surface area contributed by atoms with E-state index in [0.29, 0.717) is 17.1 Å². The second-order valence-corrected chi connectivity index (χ2v) is 5.88. The van der Waals surface area contributed by atoms with Crippen LogP contribution in [0.1, 0.15) is 24.7 Å². The van der Waals surface area contributed by atoms with Gasteiger partial charge in [-0.1, -0.05) is 36.7 Å². The van der Waals surface area contributed by atoms with Crippen LogP contribution < -0.4 is 4.57 Å². The lowest BCUT2D eigenvalue weighted by atomic mass is 10.2. The van der Waals surface area contributed by atoms with Crippen molar-refractivity contribution in [3.63, 3.8) is 0 Å². The highest BCUT2D eigenvalue weighted by Gasteiger charge is 2.22. The summed E-state index contributed by atoms with van der Waals surface area (Å²) in [5.41, 5.74) is 2.82. The first-order chi connectivity index (χ1) is 10.6. The van der Waals surface area contributed by atoms with Crippen molar-refractivity contribution in [2.24, 2.45) is 0 Å². The zero-order valence-corrected chi connectivity index (χ0v) is 13.6. The molecule has 2 nitrogen and oxygen atoms in total. The Morgan fingerprint density at radius 2 is 1.91 bits per heavy atom. The van der Waals surface area contributed by atoms with Crippen LogP contribution in [-0.4, -0.2) is 4.57 Å². The molecule has 4 heteroatoms. The van der Waals surface area contributed by atoms with Crippen LogP contribution in [0, 0.1) is 12.7 Å².